The summed E-state index contributed by atoms with van der Waals surface area (Å²) >= 11 is 0. The predicted molar refractivity (Wildman–Crippen MR) is 102 cm³/mol. The molecule has 0 aliphatic heterocycles. The summed E-state index contributed by atoms with van der Waals surface area (Å²) in [6.45, 7) is 7.46. The van der Waals surface area contributed by atoms with Gasteiger partial charge >= 0.3 is 0 Å². The van der Waals surface area contributed by atoms with Crippen LogP contribution in [0, 0.1) is 13.8 Å². The molecule has 0 aliphatic rings. The van der Waals surface area contributed by atoms with E-state index in [9.17, 15) is 4.79 Å². The van der Waals surface area contributed by atoms with Crippen LogP contribution in [0.5, 0.6) is 0 Å². The summed E-state index contributed by atoms with van der Waals surface area (Å²) in [5, 5.41) is 5.89. The fraction of sp³-hybridized carbons (Fsp3) is 0.368. The van der Waals surface area contributed by atoms with Gasteiger partial charge in [0.15, 0.2) is 0 Å². The van der Waals surface area contributed by atoms with Crippen LogP contribution in [0.25, 0.3) is 11.0 Å². The Morgan fingerprint density at radius 2 is 1.96 bits per heavy atom. The molecule has 3 N–H and O–H groups in total. The number of anilines is 1. The molecule has 2 heterocycles. The smallest absolute Gasteiger partial charge is 0.254 e. The third kappa shape index (κ3) is 3.99. The second kappa shape index (κ2) is 7.95. The highest BCUT2D eigenvalue weighted by atomic mass is 16.1. The first kappa shape index (κ1) is 17.8. The van der Waals surface area contributed by atoms with Crippen LogP contribution in [-0.4, -0.2) is 38.9 Å². The maximum atomic E-state index is 12.1. The Hall–Kier alpha value is -2.96. The molecule has 0 fully saturated rings. The van der Waals surface area contributed by atoms with Crippen molar-refractivity contribution in [1.82, 2.24) is 25.3 Å². The van der Waals surface area contributed by atoms with E-state index >= 15 is 0 Å². The number of H-pyrrole nitrogens is 1. The van der Waals surface area contributed by atoms with Gasteiger partial charge in [-0.25, -0.2) is 15.0 Å². The van der Waals surface area contributed by atoms with E-state index in [1.807, 2.05) is 6.92 Å². The van der Waals surface area contributed by atoms with Crippen LogP contribution < -0.4 is 10.6 Å². The average Bonchev–Trinajstić information content (AvgIpc) is 3.06. The summed E-state index contributed by atoms with van der Waals surface area (Å²) in [6.07, 6.45) is 4.65. The maximum absolute atomic E-state index is 12.1. The van der Waals surface area contributed by atoms with Crippen molar-refractivity contribution in [2.24, 2.45) is 0 Å². The number of aromatic amines is 1. The number of amides is 1. The first-order valence-electron chi connectivity index (χ1n) is 8.87. The monoisotopic (exact) mass is 352 g/mol. The second-order valence-electron chi connectivity index (χ2n) is 6.27. The Kier molecular flexibility index (Phi) is 5.46. The molecule has 7 nitrogen and oxygen atoms in total. The molecule has 26 heavy (non-hydrogen) atoms. The summed E-state index contributed by atoms with van der Waals surface area (Å²) in [4.78, 5) is 28.4. The first-order chi connectivity index (χ1) is 12.6. The van der Waals surface area contributed by atoms with Crippen molar-refractivity contribution in [3.8, 4) is 0 Å². The highest BCUT2D eigenvalue weighted by molar-refractivity contribution is 5.93. The van der Waals surface area contributed by atoms with Crippen LogP contribution in [0.3, 0.4) is 0 Å². The molecule has 0 radical (unpaired) electrons. The minimum atomic E-state index is -0.163. The Morgan fingerprint density at radius 3 is 2.69 bits per heavy atom. The highest BCUT2D eigenvalue weighted by Gasteiger charge is 2.09. The number of hydrogen-bond donors (Lipinski definition) is 3. The van der Waals surface area contributed by atoms with E-state index in [0.29, 0.717) is 18.1 Å². The molecule has 3 rings (SSSR count). The summed E-state index contributed by atoms with van der Waals surface area (Å²) < 4.78 is 0. The summed E-state index contributed by atoms with van der Waals surface area (Å²) in [7, 11) is 0. The lowest BCUT2D eigenvalue weighted by molar-refractivity contribution is 0.0952. The van der Waals surface area contributed by atoms with Gasteiger partial charge in [0.2, 0.25) is 5.95 Å². The van der Waals surface area contributed by atoms with Crippen molar-refractivity contribution in [3.05, 3.63) is 47.0 Å². The molecule has 0 saturated carbocycles. The highest BCUT2D eigenvalue weighted by Crippen LogP contribution is 2.19. The number of fused-ring (bicyclic) bond motifs is 1. The summed E-state index contributed by atoms with van der Waals surface area (Å²) in [6, 6.07) is 4.16. The number of benzene rings is 1. The molecular weight excluding hydrogens is 328 g/mol. The van der Waals surface area contributed by atoms with Crippen LogP contribution in [0.2, 0.25) is 0 Å². The lowest BCUT2D eigenvalue weighted by atomic mass is 10.1. The van der Waals surface area contributed by atoms with Crippen LogP contribution in [-0.2, 0) is 6.42 Å². The van der Waals surface area contributed by atoms with Crippen molar-refractivity contribution in [3.63, 3.8) is 0 Å². The normalized spacial score (nSPS) is 10.9. The Balaban J connectivity index is 1.50. The fourth-order valence-electron chi connectivity index (χ4n) is 2.74. The third-order valence-electron chi connectivity index (χ3n) is 4.35. The van der Waals surface area contributed by atoms with Gasteiger partial charge in [-0.1, -0.05) is 6.07 Å². The van der Waals surface area contributed by atoms with Crippen LogP contribution >= 0.6 is 0 Å². The molecule has 2 aromatic heterocycles. The SMILES string of the molecule is CCNc1ncc(C(=O)NCCCc2nc3c(C)c(C)ccc3[nH]2)cn1. The quantitative estimate of drug-likeness (QED) is 0.568. The zero-order chi connectivity index (χ0) is 18.5. The summed E-state index contributed by atoms with van der Waals surface area (Å²) in [5.74, 6) is 1.31. The van der Waals surface area contributed by atoms with E-state index < -0.39 is 0 Å². The number of aromatic nitrogens is 4. The lowest BCUT2D eigenvalue weighted by Gasteiger charge is -2.05. The van der Waals surface area contributed by atoms with Gasteiger partial charge in [-0.2, -0.15) is 0 Å². The molecule has 0 spiro atoms. The van der Waals surface area contributed by atoms with Gasteiger partial charge in [-0.05, 0) is 44.4 Å². The molecule has 0 saturated heterocycles. The zero-order valence-electron chi connectivity index (χ0n) is 15.4. The standard InChI is InChI=1S/C19H24N6O/c1-4-20-19-22-10-14(11-23-19)18(26)21-9-5-6-16-24-15-8-7-12(2)13(3)17(15)25-16/h7-8,10-11H,4-6,9H2,1-3H3,(H,21,26)(H,24,25)(H,20,22,23). The second-order valence-corrected chi connectivity index (χ2v) is 6.27. The Labute approximate surface area is 152 Å². The first-order valence-corrected chi connectivity index (χ1v) is 8.87. The van der Waals surface area contributed by atoms with Gasteiger partial charge in [0.1, 0.15) is 5.82 Å². The van der Waals surface area contributed by atoms with Gasteiger partial charge in [0.05, 0.1) is 16.6 Å². The van der Waals surface area contributed by atoms with Crippen molar-refractivity contribution in [2.75, 3.05) is 18.4 Å². The van der Waals surface area contributed by atoms with Crippen LogP contribution in [0.4, 0.5) is 5.95 Å². The average molecular weight is 352 g/mol. The number of imidazole rings is 1. The molecule has 3 aromatic rings. The van der Waals surface area contributed by atoms with Crippen LogP contribution in [0.1, 0.15) is 40.7 Å². The van der Waals surface area contributed by atoms with E-state index in [0.717, 1.165) is 36.2 Å². The van der Waals surface area contributed by atoms with E-state index in [1.54, 1.807) is 0 Å². The number of nitrogens with zero attached hydrogens (tertiary/aromatic N) is 3. The topological polar surface area (TPSA) is 95.6 Å². The number of hydrogen-bond acceptors (Lipinski definition) is 5. The molecule has 0 aliphatic carbocycles. The number of aryl methyl sites for hydroxylation is 3. The molecule has 1 amide bonds. The molecule has 1 aromatic carbocycles. The lowest BCUT2D eigenvalue weighted by Crippen LogP contribution is -2.25. The van der Waals surface area contributed by atoms with Gasteiger partial charge in [-0.3, -0.25) is 4.79 Å². The van der Waals surface area contributed by atoms with Crippen molar-refractivity contribution in [2.45, 2.75) is 33.6 Å². The number of rotatable bonds is 7. The van der Waals surface area contributed by atoms with E-state index in [2.05, 4.69) is 56.5 Å². The number of carbonyl (C=O) groups is 1. The van der Waals surface area contributed by atoms with Gasteiger partial charge in [0.25, 0.3) is 5.91 Å². The van der Waals surface area contributed by atoms with Gasteiger partial charge in [0, 0.05) is 31.9 Å². The van der Waals surface area contributed by atoms with Crippen LogP contribution in [0.15, 0.2) is 24.5 Å². The zero-order valence-corrected chi connectivity index (χ0v) is 15.4. The van der Waals surface area contributed by atoms with Crippen molar-refractivity contribution in [1.29, 1.82) is 0 Å². The minimum absolute atomic E-state index is 0.163. The van der Waals surface area contributed by atoms with Crippen molar-refractivity contribution < 1.29 is 4.79 Å². The molecule has 7 heteroatoms. The van der Waals surface area contributed by atoms with E-state index in [1.165, 1.54) is 23.5 Å². The van der Waals surface area contributed by atoms with E-state index in [-0.39, 0.29) is 5.91 Å². The minimum Gasteiger partial charge on any atom is -0.355 e. The predicted octanol–water partition coefficient (Wildman–Crippen LogP) is 2.76. The Morgan fingerprint density at radius 1 is 1.19 bits per heavy atom. The number of nitrogens with one attached hydrogen (secondary N) is 3. The summed E-state index contributed by atoms with van der Waals surface area (Å²) in [5.41, 5.74) is 5.00. The molecule has 0 unspecified atom stereocenters. The largest absolute Gasteiger partial charge is 0.355 e. The van der Waals surface area contributed by atoms with E-state index in [4.69, 9.17) is 0 Å². The molecule has 0 bridgehead atoms. The fourth-order valence-corrected chi connectivity index (χ4v) is 2.74. The maximum Gasteiger partial charge on any atom is 0.254 e. The Bertz CT molecular complexity index is 900. The molecule has 0 atom stereocenters. The molecule has 136 valence electrons. The van der Waals surface area contributed by atoms with Gasteiger partial charge < -0.3 is 15.6 Å². The number of carbonyl (C=O) groups excluding carboxylic acids is 1. The van der Waals surface area contributed by atoms with Gasteiger partial charge in [-0.15, -0.1) is 0 Å². The van der Waals surface area contributed by atoms with Crippen molar-refractivity contribution >= 4 is 22.9 Å². The molecular formula is C19H24N6O. The third-order valence-corrected chi connectivity index (χ3v) is 4.35.